The van der Waals surface area contributed by atoms with E-state index in [2.05, 4.69) is 15.3 Å². The smallest absolute Gasteiger partial charge is 0.255 e. The molecule has 0 aliphatic carbocycles. The second kappa shape index (κ2) is 7.97. The van der Waals surface area contributed by atoms with Gasteiger partial charge in [-0.1, -0.05) is 17.7 Å². The number of benzene rings is 3. The number of anilines is 1. The van der Waals surface area contributed by atoms with Gasteiger partial charge in [0.05, 0.1) is 17.6 Å². The fourth-order valence-electron chi connectivity index (χ4n) is 3.08. The number of rotatable bonds is 5. The van der Waals surface area contributed by atoms with E-state index in [1.54, 1.807) is 18.2 Å². The summed E-state index contributed by atoms with van der Waals surface area (Å²) >= 11 is 6.19. The second-order valence-corrected chi connectivity index (χ2v) is 7.10. The highest BCUT2D eigenvalue weighted by Crippen LogP contribution is 2.26. The van der Waals surface area contributed by atoms with Crippen molar-refractivity contribution in [3.05, 3.63) is 76.8 Å². The number of imidazole rings is 1. The molecule has 0 aliphatic rings. The average molecular weight is 406 g/mol. The van der Waals surface area contributed by atoms with Crippen LogP contribution in [-0.2, 0) is 0 Å². The Labute approximate surface area is 173 Å². The van der Waals surface area contributed by atoms with Crippen molar-refractivity contribution in [3.63, 3.8) is 0 Å². The number of halogens is 1. The minimum absolute atomic E-state index is 0.187. The molecule has 5 nitrogen and oxygen atoms in total. The van der Waals surface area contributed by atoms with Gasteiger partial charge in [-0.15, -0.1) is 0 Å². The van der Waals surface area contributed by atoms with E-state index in [-0.39, 0.29) is 5.91 Å². The number of aryl methyl sites for hydroxylation is 1. The molecular formula is C23H20ClN3O2. The van der Waals surface area contributed by atoms with Crippen molar-refractivity contribution >= 4 is 34.2 Å². The van der Waals surface area contributed by atoms with Crippen LogP contribution in [0.1, 0.15) is 22.8 Å². The number of aromatic nitrogens is 2. The van der Waals surface area contributed by atoms with Gasteiger partial charge < -0.3 is 15.0 Å². The van der Waals surface area contributed by atoms with Gasteiger partial charge in [-0.25, -0.2) is 4.98 Å². The first-order valence-electron chi connectivity index (χ1n) is 9.34. The summed E-state index contributed by atoms with van der Waals surface area (Å²) in [6.07, 6.45) is 0. The number of hydrogen-bond acceptors (Lipinski definition) is 3. The van der Waals surface area contributed by atoms with Crippen molar-refractivity contribution in [2.24, 2.45) is 0 Å². The summed E-state index contributed by atoms with van der Waals surface area (Å²) in [5.41, 5.74) is 4.93. The van der Waals surface area contributed by atoms with Crippen LogP contribution in [0.4, 0.5) is 5.69 Å². The van der Waals surface area contributed by atoms with Crippen molar-refractivity contribution in [2.75, 3.05) is 11.9 Å². The number of carbonyl (C=O) groups is 1. The van der Waals surface area contributed by atoms with Crippen LogP contribution in [0, 0.1) is 6.92 Å². The molecule has 4 rings (SSSR count). The number of carbonyl (C=O) groups excluding carboxylic acids is 1. The fourth-order valence-corrected chi connectivity index (χ4v) is 3.24. The molecule has 29 heavy (non-hydrogen) atoms. The van der Waals surface area contributed by atoms with Gasteiger partial charge in [0.25, 0.3) is 5.91 Å². The first-order valence-corrected chi connectivity index (χ1v) is 9.72. The van der Waals surface area contributed by atoms with Crippen LogP contribution in [-0.4, -0.2) is 22.5 Å². The molecule has 2 N–H and O–H groups in total. The molecule has 146 valence electrons. The molecule has 4 aromatic rings. The Morgan fingerprint density at radius 2 is 1.93 bits per heavy atom. The average Bonchev–Trinajstić information content (AvgIpc) is 3.12. The van der Waals surface area contributed by atoms with Crippen LogP contribution in [0.25, 0.3) is 22.4 Å². The van der Waals surface area contributed by atoms with Crippen molar-refractivity contribution in [1.82, 2.24) is 9.97 Å². The van der Waals surface area contributed by atoms with Gasteiger partial charge in [0.15, 0.2) is 0 Å². The number of fused-ring (bicyclic) bond motifs is 1. The third-order valence-electron chi connectivity index (χ3n) is 4.59. The molecule has 0 spiro atoms. The van der Waals surface area contributed by atoms with Gasteiger partial charge in [-0.3, -0.25) is 4.79 Å². The minimum atomic E-state index is -0.187. The highest BCUT2D eigenvalue weighted by Gasteiger charge is 2.10. The zero-order valence-corrected chi connectivity index (χ0v) is 16.9. The molecule has 1 aromatic heterocycles. The lowest BCUT2D eigenvalue weighted by Gasteiger charge is -2.08. The molecule has 0 atom stereocenters. The number of H-pyrrole nitrogens is 1. The number of hydrogen-bond donors (Lipinski definition) is 2. The molecule has 0 aliphatic heterocycles. The van der Waals surface area contributed by atoms with Crippen LogP contribution in [0.15, 0.2) is 60.7 Å². The van der Waals surface area contributed by atoms with Gasteiger partial charge >= 0.3 is 0 Å². The zero-order chi connectivity index (χ0) is 20.4. The number of aromatic amines is 1. The lowest BCUT2D eigenvalue weighted by molar-refractivity contribution is 0.102. The Kier molecular flexibility index (Phi) is 5.23. The maximum absolute atomic E-state index is 12.5. The van der Waals surface area contributed by atoms with E-state index >= 15 is 0 Å². The minimum Gasteiger partial charge on any atom is -0.494 e. The van der Waals surface area contributed by atoms with Gasteiger partial charge in [-0.2, -0.15) is 0 Å². The highest BCUT2D eigenvalue weighted by molar-refractivity contribution is 6.32. The normalized spacial score (nSPS) is 10.9. The number of ether oxygens (including phenoxy) is 1. The van der Waals surface area contributed by atoms with Crippen molar-refractivity contribution in [3.8, 4) is 17.1 Å². The van der Waals surface area contributed by atoms with Crippen LogP contribution in [0.5, 0.6) is 5.75 Å². The largest absolute Gasteiger partial charge is 0.494 e. The quantitative estimate of drug-likeness (QED) is 0.438. The summed E-state index contributed by atoms with van der Waals surface area (Å²) in [4.78, 5) is 20.4. The van der Waals surface area contributed by atoms with Crippen molar-refractivity contribution in [1.29, 1.82) is 0 Å². The SMILES string of the molecule is CCOc1cccc(C(=O)Nc2ccc(-c3nc4cc(Cl)c(C)cc4[nH]3)cc2)c1. The molecule has 0 fully saturated rings. The summed E-state index contributed by atoms with van der Waals surface area (Å²) in [6.45, 7) is 4.43. The summed E-state index contributed by atoms with van der Waals surface area (Å²) in [5, 5.41) is 3.60. The summed E-state index contributed by atoms with van der Waals surface area (Å²) in [6, 6.07) is 18.5. The summed E-state index contributed by atoms with van der Waals surface area (Å²) in [5.74, 6) is 1.24. The van der Waals surface area contributed by atoms with Gasteiger partial charge in [-0.05, 0) is 74.0 Å². The fraction of sp³-hybridized carbons (Fsp3) is 0.130. The lowest BCUT2D eigenvalue weighted by atomic mass is 10.1. The second-order valence-electron chi connectivity index (χ2n) is 6.70. The molecule has 1 heterocycles. The van der Waals surface area contributed by atoms with Crippen LogP contribution in [0.2, 0.25) is 5.02 Å². The molecule has 1 amide bonds. The molecular weight excluding hydrogens is 386 g/mol. The van der Waals surface area contributed by atoms with Crippen LogP contribution >= 0.6 is 11.6 Å². The monoisotopic (exact) mass is 405 g/mol. The van der Waals surface area contributed by atoms with Crippen molar-refractivity contribution in [2.45, 2.75) is 13.8 Å². The Morgan fingerprint density at radius 1 is 1.14 bits per heavy atom. The van der Waals surface area contributed by atoms with E-state index in [9.17, 15) is 4.79 Å². The van der Waals surface area contributed by atoms with Gasteiger partial charge in [0, 0.05) is 21.8 Å². The van der Waals surface area contributed by atoms with Gasteiger partial charge in [0.2, 0.25) is 0 Å². The molecule has 0 saturated heterocycles. The van der Waals surface area contributed by atoms with Crippen LogP contribution < -0.4 is 10.1 Å². The molecule has 3 aromatic carbocycles. The molecule has 0 radical (unpaired) electrons. The van der Waals surface area contributed by atoms with E-state index < -0.39 is 0 Å². The maximum atomic E-state index is 12.5. The van der Waals surface area contributed by atoms with E-state index in [0.29, 0.717) is 28.6 Å². The Morgan fingerprint density at radius 3 is 2.69 bits per heavy atom. The van der Waals surface area contributed by atoms with E-state index in [1.807, 2.05) is 56.3 Å². The molecule has 6 heteroatoms. The first-order chi connectivity index (χ1) is 14.0. The van der Waals surface area contributed by atoms with Crippen molar-refractivity contribution < 1.29 is 9.53 Å². The highest BCUT2D eigenvalue weighted by atomic mass is 35.5. The van der Waals surface area contributed by atoms with Crippen LogP contribution in [0.3, 0.4) is 0 Å². The molecule has 0 unspecified atom stereocenters. The molecule has 0 saturated carbocycles. The van der Waals surface area contributed by atoms with Gasteiger partial charge in [0.1, 0.15) is 11.6 Å². The standard InChI is InChI=1S/C23H20ClN3O2/c1-3-29-18-6-4-5-16(12-18)23(28)25-17-9-7-15(8-10-17)22-26-20-11-14(2)19(24)13-21(20)27-22/h4-13H,3H2,1-2H3,(H,25,28)(H,26,27). The summed E-state index contributed by atoms with van der Waals surface area (Å²) < 4.78 is 5.45. The van der Waals surface area contributed by atoms with E-state index in [4.69, 9.17) is 16.3 Å². The number of nitrogens with one attached hydrogen (secondary N) is 2. The maximum Gasteiger partial charge on any atom is 0.255 e. The number of nitrogens with zero attached hydrogens (tertiary/aromatic N) is 1. The Balaban J connectivity index is 1.52. The third-order valence-corrected chi connectivity index (χ3v) is 4.99. The zero-order valence-electron chi connectivity index (χ0n) is 16.1. The Bertz CT molecular complexity index is 1140. The number of amides is 1. The molecule has 0 bridgehead atoms. The predicted molar refractivity (Wildman–Crippen MR) is 117 cm³/mol. The van der Waals surface area contributed by atoms with E-state index in [0.717, 1.165) is 28.0 Å². The summed E-state index contributed by atoms with van der Waals surface area (Å²) in [7, 11) is 0. The third kappa shape index (κ3) is 4.10. The van der Waals surface area contributed by atoms with E-state index in [1.165, 1.54) is 0 Å². The Hall–Kier alpha value is -3.31. The topological polar surface area (TPSA) is 67.0 Å². The lowest BCUT2D eigenvalue weighted by Crippen LogP contribution is -2.11. The first kappa shape index (κ1) is 19.0. The predicted octanol–water partition coefficient (Wildman–Crippen LogP) is 5.84.